The van der Waals surface area contributed by atoms with Gasteiger partial charge in [-0.25, -0.2) is 0 Å². The number of nitrogens with zero attached hydrogens (tertiary/aromatic N) is 2. The van der Waals surface area contributed by atoms with Crippen LogP contribution < -0.4 is 9.80 Å². The second-order valence-electron chi connectivity index (χ2n) is 12.2. The summed E-state index contributed by atoms with van der Waals surface area (Å²) in [4.78, 5) is 4.63. The first-order chi connectivity index (χ1) is 24.1. The van der Waals surface area contributed by atoms with Gasteiger partial charge in [-0.05, 0) is 126 Å². The van der Waals surface area contributed by atoms with Crippen molar-refractivity contribution in [3.8, 4) is 11.1 Å². The molecule has 248 valence electrons. The lowest BCUT2D eigenvalue weighted by molar-refractivity contribution is 0.134. The predicted molar refractivity (Wildman–Crippen MR) is 206 cm³/mol. The molecule has 0 amide bonds. The maximum Gasteiger partial charge on any atom is 0.0716 e. The first-order valence-electron chi connectivity index (χ1n) is 17.3. The second kappa shape index (κ2) is 16.3. The van der Waals surface area contributed by atoms with Crippen molar-refractivity contribution < 1.29 is 9.47 Å². The van der Waals surface area contributed by atoms with Gasteiger partial charge in [-0.1, -0.05) is 86.6 Å². The monoisotopic (exact) mass is 646 g/mol. The Kier molecular flexibility index (Phi) is 11.2. The molecule has 0 aliphatic carbocycles. The Morgan fingerprint density at radius 1 is 0.367 bits per heavy atom. The Morgan fingerprint density at radius 2 is 0.653 bits per heavy atom. The van der Waals surface area contributed by atoms with Gasteiger partial charge in [0.1, 0.15) is 0 Å². The van der Waals surface area contributed by atoms with Crippen LogP contribution in [0.15, 0.2) is 146 Å². The smallest absolute Gasteiger partial charge is 0.0716 e. The van der Waals surface area contributed by atoms with Crippen molar-refractivity contribution in [3.05, 3.63) is 168 Å². The van der Waals surface area contributed by atoms with Crippen molar-refractivity contribution in [2.45, 2.75) is 46.8 Å². The normalized spacial score (nSPS) is 11.0. The van der Waals surface area contributed by atoms with Crippen molar-refractivity contribution in [1.29, 1.82) is 0 Å². The molecule has 0 heterocycles. The number of hydrogen-bond donors (Lipinski definition) is 0. The first kappa shape index (κ1) is 33.7. The molecule has 0 saturated heterocycles. The molecule has 0 aromatic heterocycles. The lowest BCUT2D eigenvalue weighted by atomic mass is 10.0. The summed E-state index contributed by atoms with van der Waals surface area (Å²) >= 11 is 0. The highest BCUT2D eigenvalue weighted by Crippen LogP contribution is 2.38. The summed E-state index contributed by atoms with van der Waals surface area (Å²) in [6, 6.07) is 52.7. The van der Waals surface area contributed by atoms with E-state index < -0.39 is 0 Å². The molecule has 6 aromatic rings. The molecule has 0 aliphatic rings. The van der Waals surface area contributed by atoms with E-state index in [0.717, 1.165) is 58.1 Å². The van der Waals surface area contributed by atoms with Crippen LogP contribution >= 0.6 is 0 Å². The standard InChI is InChI=1S/C45H46N2O2/c1-5-34-8-20-40(21-9-34)46(41-22-10-35(6-2)11-23-41)44-28-16-38(17-29-44)39-18-30-45(31-19-39)47(42-24-12-36(13-25-42)32-48-4)43-26-14-37(15-27-43)33-49-7-3/h8-31H,5-7,32-33H2,1-4H3. The summed E-state index contributed by atoms with van der Waals surface area (Å²) in [5.41, 5.74) is 14.0. The Balaban J connectivity index is 1.29. The van der Waals surface area contributed by atoms with Crippen LogP contribution in [0.1, 0.15) is 43.0 Å². The van der Waals surface area contributed by atoms with Gasteiger partial charge in [0.05, 0.1) is 13.2 Å². The van der Waals surface area contributed by atoms with Crippen LogP contribution in [-0.2, 0) is 35.5 Å². The van der Waals surface area contributed by atoms with Crippen LogP contribution in [0, 0.1) is 0 Å². The van der Waals surface area contributed by atoms with E-state index in [9.17, 15) is 0 Å². The summed E-state index contributed by atoms with van der Waals surface area (Å²) in [5.74, 6) is 0. The molecule has 4 nitrogen and oxygen atoms in total. The van der Waals surface area contributed by atoms with Gasteiger partial charge in [-0.15, -0.1) is 0 Å². The maximum atomic E-state index is 5.63. The van der Waals surface area contributed by atoms with Gasteiger partial charge in [-0.2, -0.15) is 0 Å². The second-order valence-corrected chi connectivity index (χ2v) is 12.2. The molecule has 0 N–H and O–H groups in total. The number of hydrogen-bond acceptors (Lipinski definition) is 4. The first-order valence-corrected chi connectivity index (χ1v) is 17.3. The van der Waals surface area contributed by atoms with Gasteiger partial charge >= 0.3 is 0 Å². The molecule has 0 bridgehead atoms. The minimum atomic E-state index is 0.591. The van der Waals surface area contributed by atoms with Gasteiger partial charge in [0.2, 0.25) is 0 Å². The Morgan fingerprint density at radius 3 is 0.939 bits per heavy atom. The Hall–Kier alpha value is -5.16. The fourth-order valence-electron chi connectivity index (χ4n) is 6.13. The number of ether oxygens (including phenoxy) is 2. The van der Waals surface area contributed by atoms with Gasteiger partial charge in [0.15, 0.2) is 0 Å². The van der Waals surface area contributed by atoms with Crippen LogP contribution in [0.2, 0.25) is 0 Å². The minimum absolute atomic E-state index is 0.591. The quantitative estimate of drug-likeness (QED) is 0.118. The number of methoxy groups -OCH3 is 1. The largest absolute Gasteiger partial charge is 0.380 e. The summed E-state index contributed by atoms with van der Waals surface area (Å²) < 4.78 is 11.0. The van der Waals surface area contributed by atoms with Crippen LogP contribution in [0.4, 0.5) is 34.1 Å². The average Bonchev–Trinajstić information content (AvgIpc) is 3.17. The van der Waals surface area contributed by atoms with Crippen LogP contribution in [0.5, 0.6) is 0 Å². The fraction of sp³-hybridized carbons (Fsp3) is 0.200. The van der Waals surface area contributed by atoms with Gasteiger partial charge in [0.25, 0.3) is 0 Å². The highest BCUT2D eigenvalue weighted by Gasteiger charge is 2.15. The maximum absolute atomic E-state index is 5.63. The fourth-order valence-corrected chi connectivity index (χ4v) is 6.13. The molecular formula is C45H46N2O2. The molecular weight excluding hydrogens is 601 g/mol. The highest BCUT2D eigenvalue weighted by molar-refractivity contribution is 5.81. The number of anilines is 6. The molecule has 0 spiro atoms. The molecule has 6 aromatic carbocycles. The lowest BCUT2D eigenvalue weighted by Crippen LogP contribution is -2.10. The van der Waals surface area contributed by atoms with Crippen molar-refractivity contribution in [2.24, 2.45) is 0 Å². The van der Waals surface area contributed by atoms with Crippen LogP contribution in [0.3, 0.4) is 0 Å². The van der Waals surface area contributed by atoms with Crippen molar-refractivity contribution in [1.82, 2.24) is 0 Å². The molecule has 0 fully saturated rings. The third-order valence-electron chi connectivity index (χ3n) is 8.96. The van der Waals surface area contributed by atoms with Gasteiger partial charge in [-0.3, -0.25) is 0 Å². The molecule has 0 atom stereocenters. The summed E-state index contributed by atoms with van der Waals surface area (Å²) in [5, 5.41) is 0. The van der Waals surface area contributed by atoms with E-state index in [1.807, 2.05) is 6.92 Å². The minimum Gasteiger partial charge on any atom is -0.380 e. The predicted octanol–water partition coefficient (Wildman–Crippen LogP) is 12.1. The van der Waals surface area contributed by atoms with Gasteiger partial charge < -0.3 is 19.3 Å². The van der Waals surface area contributed by atoms with Crippen LogP contribution in [0.25, 0.3) is 11.1 Å². The van der Waals surface area contributed by atoms with E-state index in [0.29, 0.717) is 19.8 Å². The average molecular weight is 647 g/mol. The molecule has 4 heteroatoms. The number of rotatable bonds is 14. The number of benzene rings is 6. The molecule has 0 aliphatic heterocycles. The zero-order chi connectivity index (χ0) is 34.0. The molecule has 0 saturated carbocycles. The third kappa shape index (κ3) is 8.11. The van der Waals surface area contributed by atoms with E-state index in [4.69, 9.17) is 9.47 Å². The molecule has 49 heavy (non-hydrogen) atoms. The van der Waals surface area contributed by atoms with E-state index in [-0.39, 0.29) is 0 Å². The Labute approximate surface area is 292 Å². The zero-order valence-electron chi connectivity index (χ0n) is 29.1. The summed E-state index contributed by atoms with van der Waals surface area (Å²) in [6.45, 7) is 8.32. The third-order valence-corrected chi connectivity index (χ3v) is 8.96. The zero-order valence-corrected chi connectivity index (χ0v) is 29.1. The molecule has 0 unspecified atom stereocenters. The van der Waals surface area contributed by atoms with E-state index in [1.54, 1.807) is 7.11 Å². The van der Waals surface area contributed by atoms with E-state index in [2.05, 4.69) is 169 Å². The highest BCUT2D eigenvalue weighted by atomic mass is 16.5. The van der Waals surface area contributed by atoms with Crippen LogP contribution in [-0.4, -0.2) is 13.7 Å². The van der Waals surface area contributed by atoms with Crippen molar-refractivity contribution in [2.75, 3.05) is 23.5 Å². The van der Waals surface area contributed by atoms with Crippen molar-refractivity contribution >= 4 is 34.1 Å². The molecule has 0 radical (unpaired) electrons. The number of aryl methyl sites for hydroxylation is 2. The summed E-state index contributed by atoms with van der Waals surface area (Å²) in [7, 11) is 1.73. The Bertz CT molecular complexity index is 1830. The van der Waals surface area contributed by atoms with E-state index in [1.165, 1.54) is 22.3 Å². The SMILES string of the molecule is CCOCc1ccc(N(c2ccc(COC)cc2)c2ccc(-c3ccc(N(c4ccc(CC)cc4)c4ccc(CC)cc4)cc3)cc2)cc1. The van der Waals surface area contributed by atoms with Crippen molar-refractivity contribution in [3.63, 3.8) is 0 Å². The molecule has 6 rings (SSSR count). The lowest BCUT2D eigenvalue weighted by Gasteiger charge is -2.26. The van der Waals surface area contributed by atoms with Gasteiger partial charge in [0, 0.05) is 47.8 Å². The summed E-state index contributed by atoms with van der Waals surface area (Å²) in [6.07, 6.45) is 2.05. The van der Waals surface area contributed by atoms with E-state index >= 15 is 0 Å². The topological polar surface area (TPSA) is 24.9 Å².